The molecular weight excluding hydrogens is 401 g/mol. The van der Waals surface area contributed by atoms with Crippen LogP contribution in [0.25, 0.3) is 22.3 Å². The summed E-state index contributed by atoms with van der Waals surface area (Å²) in [5.41, 5.74) is 2.85. The molecule has 0 aliphatic heterocycles. The third-order valence-electron chi connectivity index (χ3n) is 4.60. The number of aromatic carboxylic acids is 1. The first kappa shape index (κ1) is 20.8. The lowest BCUT2D eigenvalue weighted by Gasteiger charge is -2.15. The van der Waals surface area contributed by atoms with Gasteiger partial charge in [-0.3, -0.25) is 0 Å². The largest absolute Gasteiger partial charge is 0.496 e. The van der Waals surface area contributed by atoms with Crippen molar-refractivity contribution in [3.05, 3.63) is 71.3 Å². The van der Waals surface area contributed by atoms with E-state index in [2.05, 4.69) is 12.6 Å². The minimum absolute atomic E-state index is 0.174. The van der Waals surface area contributed by atoms with Crippen LogP contribution in [0.4, 0.5) is 13.2 Å². The number of aryl methyl sites for hydroxylation is 1. The van der Waals surface area contributed by atoms with Gasteiger partial charge in [-0.05, 0) is 65.6 Å². The van der Waals surface area contributed by atoms with E-state index in [4.69, 9.17) is 9.84 Å². The molecule has 0 amide bonds. The number of halogens is 3. The minimum atomic E-state index is -4.45. The van der Waals surface area contributed by atoms with Crippen molar-refractivity contribution in [3.63, 3.8) is 0 Å². The first-order chi connectivity index (χ1) is 13.6. The SMILES string of the molecule is COc1ccc(-c2ccc(C(=O)O)cc2C)cc1-c1ccc(C(F)(F)F)cc1S. The van der Waals surface area contributed by atoms with Crippen LogP contribution >= 0.6 is 12.6 Å². The van der Waals surface area contributed by atoms with E-state index in [0.717, 1.165) is 28.8 Å². The summed E-state index contributed by atoms with van der Waals surface area (Å²) in [5, 5.41) is 9.14. The number of methoxy groups -OCH3 is 1. The Morgan fingerprint density at radius 3 is 2.21 bits per heavy atom. The number of thiol groups is 1. The average molecular weight is 418 g/mol. The first-order valence-electron chi connectivity index (χ1n) is 8.54. The molecule has 150 valence electrons. The summed E-state index contributed by atoms with van der Waals surface area (Å²) in [7, 11) is 1.48. The van der Waals surface area contributed by atoms with E-state index < -0.39 is 17.7 Å². The number of carboxylic acid groups (broad SMARTS) is 1. The van der Waals surface area contributed by atoms with Crippen LogP contribution in [0.1, 0.15) is 21.5 Å². The Kier molecular flexibility index (Phi) is 5.61. The number of carboxylic acids is 1. The zero-order chi connectivity index (χ0) is 21.3. The molecule has 0 saturated carbocycles. The van der Waals surface area contributed by atoms with Crippen molar-refractivity contribution in [2.75, 3.05) is 7.11 Å². The maximum Gasteiger partial charge on any atom is 0.416 e. The summed E-state index contributed by atoms with van der Waals surface area (Å²) in [5.74, 6) is -0.525. The van der Waals surface area contributed by atoms with Crippen LogP contribution in [-0.2, 0) is 6.18 Å². The zero-order valence-electron chi connectivity index (χ0n) is 15.5. The molecule has 0 aromatic heterocycles. The van der Waals surface area contributed by atoms with Gasteiger partial charge in [-0.1, -0.05) is 18.2 Å². The zero-order valence-corrected chi connectivity index (χ0v) is 16.4. The summed E-state index contributed by atoms with van der Waals surface area (Å²) in [6.45, 7) is 1.80. The fraction of sp³-hybridized carbons (Fsp3) is 0.136. The standard InChI is InChI=1S/C22H17F3O3S/c1-12-9-14(21(26)27)3-6-16(12)13-4-8-19(28-2)18(10-13)17-7-5-15(11-20(17)29)22(23,24)25/h3-11,29H,1-2H3,(H,26,27). The molecule has 0 aliphatic carbocycles. The van der Waals surface area contributed by atoms with Crippen molar-refractivity contribution in [1.82, 2.24) is 0 Å². The van der Waals surface area contributed by atoms with E-state index in [9.17, 15) is 18.0 Å². The highest BCUT2D eigenvalue weighted by Gasteiger charge is 2.31. The van der Waals surface area contributed by atoms with Gasteiger partial charge in [0.2, 0.25) is 0 Å². The van der Waals surface area contributed by atoms with E-state index in [-0.39, 0.29) is 10.5 Å². The van der Waals surface area contributed by atoms with Crippen molar-refractivity contribution in [2.45, 2.75) is 18.0 Å². The fourth-order valence-electron chi connectivity index (χ4n) is 3.14. The Bertz CT molecular complexity index is 1090. The van der Waals surface area contributed by atoms with Gasteiger partial charge in [0.15, 0.2) is 0 Å². The molecule has 0 spiro atoms. The Labute approximate surface area is 171 Å². The number of ether oxygens (including phenoxy) is 1. The van der Waals surface area contributed by atoms with Crippen molar-refractivity contribution < 1.29 is 27.8 Å². The number of benzene rings is 3. The van der Waals surface area contributed by atoms with Crippen molar-refractivity contribution in [2.24, 2.45) is 0 Å². The maximum absolute atomic E-state index is 13.0. The number of hydrogen-bond donors (Lipinski definition) is 2. The molecule has 3 aromatic rings. The molecule has 0 atom stereocenters. The summed E-state index contributed by atoms with van der Waals surface area (Å²) in [6.07, 6.45) is -4.45. The maximum atomic E-state index is 13.0. The number of carbonyl (C=O) groups is 1. The van der Waals surface area contributed by atoms with Gasteiger partial charge in [0, 0.05) is 10.5 Å². The topological polar surface area (TPSA) is 46.5 Å². The van der Waals surface area contributed by atoms with E-state index in [1.54, 1.807) is 31.2 Å². The van der Waals surface area contributed by atoms with E-state index in [1.807, 2.05) is 6.07 Å². The van der Waals surface area contributed by atoms with Gasteiger partial charge in [0.25, 0.3) is 0 Å². The highest BCUT2D eigenvalue weighted by Crippen LogP contribution is 2.40. The van der Waals surface area contributed by atoms with E-state index in [0.29, 0.717) is 16.9 Å². The van der Waals surface area contributed by atoms with E-state index in [1.165, 1.54) is 19.2 Å². The quantitative estimate of drug-likeness (QED) is 0.486. The molecule has 1 N–H and O–H groups in total. The number of rotatable bonds is 4. The Morgan fingerprint density at radius 1 is 0.966 bits per heavy atom. The third-order valence-corrected chi connectivity index (χ3v) is 4.97. The normalized spacial score (nSPS) is 11.4. The highest BCUT2D eigenvalue weighted by molar-refractivity contribution is 7.80. The second kappa shape index (κ2) is 7.83. The fourth-order valence-corrected chi connectivity index (χ4v) is 3.48. The summed E-state index contributed by atoms with van der Waals surface area (Å²) in [4.78, 5) is 11.3. The van der Waals surface area contributed by atoms with Crippen LogP contribution < -0.4 is 4.74 Å². The molecule has 7 heteroatoms. The summed E-state index contributed by atoms with van der Waals surface area (Å²) in [6, 6.07) is 13.5. The van der Waals surface area contributed by atoms with Crippen LogP contribution in [0.15, 0.2) is 59.5 Å². The van der Waals surface area contributed by atoms with Crippen LogP contribution in [0.3, 0.4) is 0 Å². The van der Waals surface area contributed by atoms with Gasteiger partial charge < -0.3 is 9.84 Å². The van der Waals surface area contributed by atoms with Crippen molar-refractivity contribution in [1.29, 1.82) is 0 Å². The van der Waals surface area contributed by atoms with Crippen molar-refractivity contribution in [3.8, 4) is 28.0 Å². The van der Waals surface area contributed by atoms with Crippen LogP contribution in [0, 0.1) is 6.92 Å². The van der Waals surface area contributed by atoms with E-state index >= 15 is 0 Å². The van der Waals surface area contributed by atoms with Crippen LogP contribution in [0.2, 0.25) is 0 Å². The lowest BCUT2D eigenvalue weighted by molar-refractivity contribution is -0.137. The summed E-state index contributed by atoms with van der Waals surface area (Å²) >= 11 is 4.25. The second-order valence-electron chi connectivity index (χ2n) is 6.48. The molecule has 3 aromatic carbocycles. The summed E-state index contributed by atoms with van der Waals surface area (Å²) < 4.78 is 44.3. The molecule has 0 fully saturated rings. The molecule has 0 bridgehead atoms. The van der Waals surface area contributed by atoms with Gasteiger partial charge in [-0.2, -0.15) is 13.2 Å². The molecule has 0 aliphatic rings. The average Bonchev–Trinajstić information content (AvgIpc) is 2.66. The smallest absolute Gasteiger partial charge is 0.416 e. The lowest BCUT2D eigenvalue weighted by atomic mass is 9.94. The molecule has 0 unspecified atom stereocenters. The third kappa shape index (κ3) is 4.24. The van der Waals surface area contributed by atoms with Crippen molar-refractivity contribution >= 4 is 18.6 Å². The van der Waals surface area contributed by atoms with Gasteiger partial charge in [-0.15, -0.1) is 12.6 Å². The number of hydrogen-bond acceptors (Lipinski definition) is 3. The molecule has 3 nitrogen and oxygen atoms in total. The Hall–Kier alpha value is -2.93. The monoisotopic (exact) mass is 418 g/mol. The van der Waals surface area contributed by atoms with Gasteiger partial charge in [0.05, 0.1) is 18.2 Å². The van der Waals surface area contributed by atoms with Crippen LogP contribution in [-0.4, -0.2) is 18.2 Å². The molecule has 3 rings (SSSR count). The Morgan fingerprint density at radius 2 is 1.66 bits per heavy atom. The number of alkyl halides is 3. The first-order valence-corrected chi connectivity index (χ1v) is 8.99. The molecule has 0 heterocycles. The molecule has 0 radical (unpaired) electrons. The highest BCUT2D eigenvalue weighted by atomic mass is 32.1. The molecular formula is C22H17F3O3S. The predicted molar refractivity (Wildman–Crippen MR) is 108 cm³/mol. The van der Waals surface area contributed by atoms with Gasteiger partial charge in [0.1, 0.15) is 5.75 Å². The minimum Gasteiger partial charge on any atom is -0.496 e. The van der Waals surface area contributed by atoms with Gasteiger partial charge in [-0.25, -0.2) is 4.79 Å². The lowest BCUT2D eigenvalue weighted by Crippen LogP contribution is -2.04. The van der Waals surface area contributed by atoms with Gasteiger partial charge >= 0.3 is 12.1 Å². The second-order valence-corrected chi connectivity index (χ2v) is 6.96. The molecule has 29 heavy (non-hydrogen) atoms. The molecule has 0 saturated heterocycles. The van der Waals surface area contributed by atoms with Crippen LogP contribution in [0.5, 0.6) is 5.75 Å². The Balaban J connectivity index is 2.13. The predicted octanol–water partition coefficient (Wildman–Crippen LogP) is 6.34.